The van der Waals surface area contributed by atoms with Crippen molar-refractivity contribution in [3.8, 4) is 0 Å². The van der Waals surface area contributed by atoms with Gasteiger partial charge in [-0.1, -0.05) is 30.3 Å². The van der Waals surface area contributed by atoms with Gasteiger partial charge in [0.2, 0.25) is 0 Å². The Labute approximate surface area is 170 Å². The largest absolute Gasteiger partial charge is 0.120 e. The van der Waals surface area contributed by atoms with Crippen LogP contribution in [0.3, 0.4) is 0 Å². The van der Waals surface area contributed by atoms with Gasteiger partial charge in [-0.3, -0.25) is 0 Å². The minimum absolute atomic E-state index is 0.490. The summed E-state index contributed by atoms with van der Waals surface area (Å²) in [5.74, 6) is 4.06. The summed E-state index contributed by atoms with van der Waals surface area (Å²) in [5, 5.41) is 0. The molecule has 4 bridgehead atoms. The molecule has 0 N–H and O–H groups in total. The second kappa shape index (κ2) is 6.71. The van der Waals surface area contributed by atoms with E-state index in [9.17, 15) is 0 Å². The van der Waals surface area contributed by atoms with Crippen LogP contribution in [0.1, 0.15) is 55.2 Å². The van der Waals surface area contributed by atoms with Crippen molar-refractivity contribution in [2.75, 3.05) is 0 Å². The van der Waals surface area contributed by atoms with Crippen molar-refractivity contribution in [2.45, 2.75) is 61.5 Å². The van der Waals surface area contributed by atoms with Gasteiger partial charge in [0.15, 0.2) is 0 Å². The van der Waals surface area contributed by atoms with Gasteiger partial charge < -0.3 is 0 Å². The lowest BCUT2D eigenvalue weighted by Gasteiger charge is -2.57. The summed E-state index contributed by atoms with van der Waals surface area (Å²) in [5.41, 5.74) is 5.06. The normalized spacial score (nSPS) is 32.2. The Bertz CT molecular complexity index is 775. The molecular formula is C24H27BrS. The van der Waals surface area contributed by atoms with E-state index in [2.05, 4.69) is 65.3 Å². The first-order valence-electron chi connectivity index (χ1n) is 10.1. The summed E-state index contributed by atoms with van der Waals surface area (Å²) in [4.78, 5) is 1.39. The van der Waals surface area contributed by atoms with Gasteiger partial charge in [0.05, 0.1) is 0 Å². The van der Waals surface area contributed by atoms with Crippen molar-refractivity contribution in [1.82, 2.24) is 0 Å². The van der Waals surface area contributed by atoms with Gasteiger partial charge in [0.1, 0.15) is 0 Å². The third-order valence-electron chi connectivity index (χ3n) is 7.13. The first kappa shape index (κ1) is 17.4. The molecule has 0 radical (unpaired) electrons. The van der Waals surface area contributed by atoms with Gasteiger partial charge in [-0.15, -0.1) is 11.8 Å². The molecule has 26 heavy (non-hydrogen) atoms. The van der Waals surface area contributed by atoms with E-state index in [1.165, 1.54) is 59.0 Å². The van der Waals surface area contributed by atoms with Crippen LogP contribution in [0.15, 0.2) is 51.8 Å². The Morgan fingerprint density at radius 2 is 1.58 bits per heavy atom. The van der Waals surface area contributed by atoms with Crippen LogP contribution < -0.4 is 0 Å². The Morgan fingerprint density at radius 3 is 2.19 bits per heavy atom. The number of rotatable bonds is 4. The van der Waals surface area contributed by atoms with Crippen molar-refractivity contribution in [1.29, 1.82) is 0 Å². The maximum atomic E-state index is 3.91. The summed E-state index contributed by atoms with van der Waals surface area (Å²) in [6.45, 7) is 2.35. The molecule has 4 aliphatic rings. The molecule has 0 aromatic heterocycles. The van der Waals surface area contributed by atoms with Crippen LogP contribution in [0, 0.1) is 24.7 Å². The molecule has 0 spiro atoms. The third kappa shape index (κ3) is 3.07. The average molecular weight is 427 g/mol. The molecule has 0 heterocycles. The van der Waals surface area contributed by atoms with Crippen LogP contribution >= 0.6 is 27.7 Å². The molecule has 4 saturated carbocycles. The number of hydrogen-bond acceptors (Lipinski definition) is 1. The summed E-state index contributed by atoms with van der Waals surface area (Å²) in [7, 11) is 0. The lowest BCUT2D eigenvalue weighted by Crippen LogP contribution is -2.48. The van der Waals surface area contributed by atoms with E-state index in [4.69, 9.17) is 0 Å². The molecule has 0 amide bonds. The van der Waals surface area contributed by atoms with Gasteiger partial charge >= 0.3 is 0 Å². The van der Waals surface area contributed by atoms with Crippen LogP contribution in [-0.2, 0) is 11.2 Å². The standard InChI is InChI=1S/C24H27BrS/c1-16-7-23(26-15-17-5-3-2-4-6-17)22(25)11-21(16)24-12-18-8-19(13-24)10-20(9-18)14-24/h2-7,11,18-20H,8-10,12-15H2,1H3. The Morgan fingerprint density at radius 1 is 0.962 bits per heavy atom. The Hall–Kier alpha value is -0.730. The molecule has 0 saturated heterocycles. The van der Waals surface area contributed by atoms with Crippen molar-refractivity contribution in [2.24, 2.45) is 17.8 Å². The van der Waals surface area contributed by atoms with E-state index in [0.717, 1.165) is 23.5 Å². The van der Waals surface area contributed by atoms with Gasteiger partial charge in [0.25, 0.3) is 0 Å². The zero-order chi connectivity index (χ0) is 17.7. The highest BCUT2D eigenvalue weighted by Gasteiger charge is 2.52. The first-order valence-corrected chi connectivity index (χ1v) is 11.9. The highest BCUT2D eigenvalue weighted by molar-refractivity contribution is 9.10. The quantitative estimate of drug-likeness (QED) is 0.455. The highest BCUT2D eigenvalue weighted by Crippen LogP contribution is 2.61. The molecule has 0 nitrogen and oxygen atoms in total. The van der Waals surface area contributed by atoms with Gasteiger partial charge in [-0.25, -0.2) is 0 Å². The summed E-state index contributed by atoms with van der Waals surface area (Å²) >= 11 is 5.87. The van der Waals surface area contributed by atoms with Crippen LogP contribution in [0.25, 0.3) is 0 Å². The smallest absolute Gasteiger partial charge is 0.0314 e. The predicted molar refractivity (Wildman–Crippen MR) is 115 cm³/mol. The lowest BCUT2D eigenvalue weighted by atomic mass is 9.47. The topological polar surface area (TPSA) is 0 Å². The molecule has 4 fully saturated rings. The molecule has 2 heteroatoms. The van der Waals surface area contributed by atoms with Crippen LogP contribution in [0.5, 0.6) is 0 Å². The maximum absolute atomic E-state index is 3.91. The molecule has 4 aliphatic carbocycles. The summed E-state index contributed by atoms with van der Waals surface area (Å²) in [6.07, 6.45) is 8.90. The Balaban J connectivity index is 1.42. The molecule has 136 valence electrons. The van der Waals surface area contributed by atoms with E-state index < -0.39 is 0 Å². The SMILES string of the molecule is Cc1cc(SCc2ccccc2)c(Br)cc1C12CC3CC(CC(C3)C1)C2. The molecule has 2 aromatic rings. The summed E-state index contributed by atoms with van der Waals surface area (Å²) < 4.78 is 1.30. The monoisotopic (exact) mass is 426 g/mol. The number of halogens is 1. The Kier molecular flexibility index (Phi) is 4.48. The van der Waals surface area contributed by atoms with Gasteiger partial charge in [-0.05, 0) is 113 Å². The molecule has 2 aromatic carbocycles. The molecule has 0 atom stereocenters. The fourth-order valence-electron chi connectivity index (χ4n) is 6.51. The van der Waals surface area contributed by atoms with Crippen molar-refractivity contribution in [3.05, 3.63) is 63.6 Å². The van der Waals surface area contributed by atoms with E-state index in [-0.39, 0.29) is 0 Å². The molecule has 6 rings (SSSR count). The van der Waals surface area contributed by atoms with Crippen LogP contribution in [0.2, 0.25) is 0 Å². The second-order valence-corrected chi connectivity index (χ2v) is 10.9. The van der Waals surface area contributed by atoms with E-state index >= 15 is 0 Å². The van der Waals surface area contributed by atoms with Crippen LogP contribution in [0.4, 0.5) is 0 Å². The second-order valence-electron chi connectivity index (χ2n) is 9.07. The fourth-order valence-corrected chi connectivity index (χ4v) is 8.17. The minimum atomic E-state index is 0.490. The number of thioether (sulfide) groups is 1. The van der Waals surface area contributed by atoms with E-state index in [1.807, 2.05) is 11.8 Å². The van der Waals surface area contributed by atoms with Crippen molar-refractivity contribution < 1.29 is 0 Å². The predicted octanol–water partition coefficient (Wildman–Crippen LogP) is 7.52. The van der Waals surface area contributed by atoms with Gasteiger partial charge in [-0.2, -0.15) is 0 Å². The molecule has 0 unspecified atom stereocenters. The van der Waals surface area contributed by atoms with Crippen LogP contribution in [-0.4, -0.2) is 0 Å². The third-order valence-corrected chi connectivity index (χ3v) is 9.17. The fraction of sp³-hybridized carbons (Fsp3) is 0.500. The van der Waals surface area contributed by atoms with E-state index in [0.29, 0.717) is 5.41 Å². The van der Waals surface area contributed by atoms with Crippen molar-refractivity contribution in [3.63, 3.8) is 0 Å². The lowest BCUT2D eigenvalue weighted by molar-refractivity contribution is -0.00551. The van der Waals surface area contributed by atoms with E-state index in [1.54, 1.807) is 5.56 Å². The zero-order valence-corrected chi connectivity index (χ0v) is 17.9. The number of hydrogen-bond donors (Lipinski definition) is 0. The zero-order valence-electron chi connectivity index (χ0n) is 15.5. The number of benzene rings is 2. The molecular weight excluding hydrogens is 400 g/mol. The molecule has 0 aliphatic heterocycles. The summed E-state index contributed by atoms with van der Waals surface area (Å²) in [6, 6.07) is 15.7. The maximum Gasteiger partial charge on any atom is 0.0314 e. The van der Waals surface area contributed by atoms with Gasteiger partial charge in [0, 0.05) is 15.1 Å². The highest BCUT2D eigenvalue weighted by atomic mass is 79.9. The first-order chi connectivity index (χ1) is 12.6. The number of aryl methyl sites for hydroxylation is 1. The van der Waals surface area contributed by atoms with Crippen molar-refractivity contribution >= 4 is 27.7 Å². The minimum Gasteiger partial charge on any atom is -0.120 e. The average Bonchev–Trinajstić information content (AvgIpc) is 2.62.